The fraction of sp³-hybridized carbons (Fsp3) is 0.423. The minimum atomic E-state index is -4.85. The average molecular weight is 537 g/mol. The van der Waals surface area contributed by atoms with Crippen LogP contribution in [-0.2, 0) is 9.59 Å². The van der Waals surface area contributed by atoms with Crippen LogP contribution in [0.3, 0.4) is 0 Å². The standard InChI is InChI=1S/C26H24ClF3N2O5/c27-15-3-8-19-21(13-15)32(23(34)14-1-6-17(7-2-14)37-26(28,29)30)20-10-9-18(20)22(19)25(11-12-33,24(35)36)31-16-4-5-16/h1-3,6-8,12-13,16,18,20,22,31H,4-5,9-11H2,(H,35,36). The summed E-state index contributed by atoms with van der Waals surface area (Å²) in [4.78, 5) is 39.8. The maximum absolute atomic E-state index is 13.7. The van der Waals surface area contributed by atoms with Gasteiger partial charge in [0.15, 0.2) is 0 Å². The maximum atomic E-state index is 13.7. The molecule has 2 saturated carbocycles. The van der Waals surface area contributed by atoms with Crippen molar-refractivity contribution in [3.05, 3.63) is 58.6 Å². The van der Waals surface area contributed by atoms with E-state index in [1.54, 1.807) is 23.1 Å². The number of aldehydes is 1. The Bertz CT molecular complexity index is 1230. The molecule has 11 heteroatoms. The number of carbonyl (C=O) groups is 3. The van der Waals surface area contributed by atoms with Crippen molar-refractivity contribution in [2.24, 2.45) is 5.92 Å². The highest BCUT2D eigenvalue weighted by molar-refractivity contribution is 6.31. The number of alkyl halides is 3. The van der Waals surface area contributed by atoms with Crippen LogP contribution in [0, 0.1) is 5.92 Å². The van der Waals surface area contributed by atoms with Crippen molar-refractivity contribution >= 4 is 35.5 Å². The number of hydrogen-bond donors (Lipinski definition) is 2. The molecule has 0 aromatic heterocycles. The number of ether oxygens (including phenoxy) is 1. The highest BCUT2D eigenvalue weighted by Gasteiger charge is 2.59. The van der Waals surface area contributed by atoms with Crippen molar-refractivity contribution in [2.75, 3.05) is 4.90 Å². The van der Waals surface area contributed by atoms with E-state index < -0.39 is 35.4 Å². The van der Waals surface area contributed by atoms with Gasteiger partial charge < -0.3 is 19.5 Å². The first-order valence-electron chi connectivity index (χ1n) is 12.0. The highest BCUT2D eigenvalue weighted by Crippen LogP contribution is 2.56. The summed E-state index contributed by atoms with van der Waals surface area (Å²) in [6.07, 6.45) is -1.57. The van der Waals surface area contributed by atoms with E-state index in [0.29, 0.717) is 35.4 Å². The Morgan fingerprint density at radius 1 is 1.11 bits per heavy atom. The molecule has 196 valence electrons. The summed E-state index contributed by atoms with van der Waals surface area (Å²) in [6, 6.07) is 9.24. The number of nitrogens with zero attached hydrogens (tertiary/aromatic N) is 1. The van der Waals surface area contributed by atoms with E-state index in [-0.39, 0.29) is 30.0 Å². The molecule has 1 heterocycles. The van der Waals surface area contributed by atoms with Crippen LogP contribution < -0.4 is 15.0 Å². The molecule has 0 saturated heterocycles. The van der Waals surface area contributed by atoms with Gasteiger partial charge in [0.25, 0.3) is 5.91 Å². The van der Waals surface area contributed by atoms with E-state index >= 15 is 0 Å². The van der Waals surface area contributed by atoms with Crippen LogP contribution in [-0.4, -0.2) is 47.3 Å². The summed E-state index contributed by atoms with van der Waals surface area (Å²) < 4.78 is 41.5. The quantitative estimate of drug-likeness (QED) is 0.465. The Kier molecular flexibility index (Phi) is 6.44. The lowest BCUT2D eigenvalue weighted by molar-refractivity contribution is -0.274. The number of carboxylic acid groups (broad SMARTS) is 1. The molecule has 2 aliphatic carbocycles. The maximum Gasteiger partial charge on any atom is 0.573 e. The second-order valence-electron chi connectivity index (χ2n) is 9.80. The van der Waals surface area contributed by atoms with E-state index in [2.05, 4.69) is 10.1 Å². The zero-order chi connectivity index (χ0) is 26.5. The third-order valence-corrected chi connectivity index (χ3v) is 7.78. The first kappa shape index (κ1) is 25.5. The number of fused-ring (bicyclic) bond motifs is 2. The molecule has 37 heavy (non-hydrogen) atoms. The summed E-state index contributed by atoms with van der Waals surface area (Å²) >= 11 is 6.31. The first-order chi connectivity index (χ1) is 17.5. The minimum Gasteiger partial charge on any atom is -0.480 e. The van der Waals surface area contributed by atoms with Crippen LogP contribution >= 0.6 is 11.6 Å². The van der Waals surface area contributed by atoms with Crippen LogP contribution in [0.15, 0.2) is 42.5 Å². The molecule has 0 bridgehead atoms. The number of aliphatic carboxylic acids is 1. The zero-order valence-electron chi connectivity index (χ0n) is 19.5. The molecule has 0 spiro atoms. The molecule has 4 atom stereocenters. The summed E-state index contributed by atoms with van der Waals surface area (Å²) in [5.41, 5.74) is -0.361. The van der Waals surface area contributed by atoms with E-state index in [1.165, 1.54) is 12.1 Å². The van der Waals surface area contributed by atoms with Gasteiger partial charge in [-0.05, 0) is 73.6 Å². The Hall–Kier alpha value is -3.11. The van der Waals surface area contributed by atoms with Gasteiger partial charge in [0, 0.05) is 40.7 Å². The Labute approximate surface area is 215 Å². The van der Waals surface area contributed by atoms with E-state index in [1.807, 2.05) is 0 Å². The minimum absolute atomic E-state index is 0.00224. The molecule has 2 aromatic rings. The molecule has 2 N–H and O–H groups in total. The molecule has 4 unspecified atom stereocenters. The van der Waals surface area contributed by atoms with Gasteiger partial charge in [-0.3, -0.25) is 14.9 Å². The number of nitrogens with one attached hydrogen (secondary N) is 1. The number of anilines is 1. The Morgan fingerprint density at radius 3 is 2.35 bits per heavy atom. The van der Waals surface area contributed by atoms with Gasteiger partial charge in [-0.2, -0.15) is 0 Å². The van der Waals surface area contributed by atoms with Gasteiger partial charge in [-0.1, -0.05) is 17.7 Å². The number of rotatable bonds is 8. The van der Waals surface area contributed by atoms with Crippen LogP contribution in [0.2, 0.25) is 5.02 Å². The van der Waals surface area contributed by atoms with Crippen molar-refractivity contribution in [2.45, 2.75) is 62.0 Å². The largest absolute Gasteiger partial charge is 0.573 e. The van der Waals surface area contributed by atoms with Crippen molar-refractivity contribution in [1.82, 2.24) is 5.32 Å². The summed E-state index contributed by atoms with van der Waals surface area (Å²) in [5.74, 6) is -2.84. The van der Waals surface area contributed by atoms with Crippen LogP contribution in [0.4, 0.5) is 18.9 Å². The van der Waals surface area contributed by atoms with E-state index in [4.69, 9.17) is 11.6 Å². The molecule has 2 aromatic carbocycles. The van der Waals surface area contributed by atoms with Crippen molar-refractivity contribution in [3.63, 3.8) is 0 Å². The Morgan fingerprint density at radius 2 is 1.81 bits per heavy atom. The number of halogens is 4. The topological polar surface area (TPSA) is 95.9 Å². The third-order valence-electron chi connectivity index (χ3n) is 7.55. The summed E-state index contributed by atoms with van der Waals surface area (Å²) in [7, 11) is 0. The van der Waals surface area contributed by atoms with Gasteiger partial charge in [0.1, 0.15) is 17.6 Å². The lowest BCUT2D eigenvalue weighted by Crippen LogP contribution is -2.66. The van der Waals surface area contributed by atoms with Gasteiger partial charge >= 0.3 is 12.3 Å². The SMILES string of the molecule is O=CCC(NC1CC1)(C(=O)O)C1c2ccc(Cl)cc2N(C(=O)c2ccc(OC(F)(F)F)cc2)C2CCC21. The fourth-order valence-corrected chi connectivity index (χ4v) is 5.89. The molecular formula is C26H24ClF3N2O5. The van der Waals surface area contributed by atoms with Crippen molar-refractivity contribution < 1.29 is 37.4 Å². The van der Waals surface area contributed by atoms with Crippen LogP contribution in [0.25, 0.3) is 0 Å². The molecule has 1 aliphatic heterocycles. The predicted octanol–water partition coefficient (Wildman–Crippen LogP) is 4.93. The number of amides is 1. The van der Waals surface area contributed by atoms with Crippen LogP contribution in [0.1, 0.15) is 53.9 Å². The van der Waals surface area contributed by atoms with Gasteiger partial charge in [-0.25, -0.2) is 0 Å². The number of benzene rings is 2. The molecule has 3 aliphatic rings. The summed E-state index contributed by atoms with van der Waals surface area (Å²) in [6.45, 7) is 0. The second-order valence-corrected chi connectivity index (χ2v) is 10.2. The summed E-state index contributed by atoms with van der Waals surface area (Å²) in [5, 5.41) is 14.0. The second kappa shape index (κ2) is 9.33. The lowest BCUT2D eigenvalue weighted by Gasteiger charge is -2.56. The normalized spacial score (nSPS) is 24.2. The Balaban J connectivity index is 1.56. The van der Waals surface area contributed by atoms with E-state index in [0.717, 1.165) is 25.0 Å². The predicted molar refractivity (Wildman–Crippen MR) is 128 cm³/mol. The highest BCUT2D eigenvalue weighted by atomic mass is 35.5. The smallest absolute Gasteiger partial charge is 0.480 e. The monoisotopic (exact) mass is 536 g/mol. The lowest BCUT2D eigenvalue weighted by atomic mass is 9.58. The third kappa shape index (κ3) is 4.68. The fourth-order valence-electron chi connectivity index (χ4n) is 5.73. The van der Waals surface area contributed by atoms with Crippen molar-refractivity contribution in [3.8, 4) is 5.75 Å². The van der Waals surface area contributed by atoms with Crippen LogP contribution in [0.5, 0.6) is 5.75 Å². The van der Waals surface area contributed by atoms with Gasteiger partial charge in [-0.15, -0.1) is 13.2 Å². The van der Waals surface area contributed by atoms with Gasteiger partial charge in [0.05, 0.1) is 0 Å². The number of carboxylic acids is 1. The molecule has 5 rings (SSSR count). The van der Waals surface area contributed by atoms with Gasteiger partial charge in [0.2, 0.25) is 0 Å². The van der Waals surface area contributed by atoms with E-state index in [9.17, 15) is 32.7 Å². The zero-order valence-corrected chi connectivity index (χ0v) is 20.3. The molecule has 2 fully saturated rings. The first-order valence-corrected chi connectivity index (χ1v) is 12.4. The van der Waals surface area contributed by atoms with Crippen molar-refractivity contribution in [1.29, 1.82) is 0 Å². The average Bonchev–Trinajstić information content (AvgIpc) is 3.62. The molecule has 0 radical (unpaired) electrons. The number of carbonyl (C=O) groups excluding carboxylic acids is 2. The molecular weight excluding hydrogens is 513 g/mol. The number of hydrogen-bond acceptors (Lipinski definition) is 5. The molecule has 1 amide bonds. The molecule has 7 nitrogen and oxygen atoms in total.